The van der Waals surface area contributed by atoms with E-state index in [1.807, 2.05) is 13.8 Å². The second-order valence-electron chi connectivity index (χ2n) is 4.85. The number of nitrogens with two attached hydrogens (primary N) is 1. The summed E-state index contributed by atoms with van der Waals surface area (Å²) < 4.78 is 5.42. The third kappa shape index (κ3) is 5.36. The van der Waals surface area contributed by atoms with E-state index in [4.69, 9.17) is 15.7 Å². The number of oxime groups is 1. The van der Waals surface area contributed by atoms with Crippen molar-refractivity contribution >= 4 is 11.7 Å². The summed E-state index contributed by atoms with van der Waals surface area (Å²) in [4.78, 5) is 12.2. The van der Waals surface area contributed by atoms with Gasteiger partial charge in [0.15, 0.2) is 5.84 Å². The van der Waals surface area contributed by atoms with Crippen molar-refractivity contribution in [3.8, 4) is 0 Å². The van der Waals surface area contributed by atoms with Crippen LogP contribution < -0.4 is 11.1 Å². The molecule has 1 amide bonds. The van der Waals surface area contributed by atoms with Gasteiger partial charge in [-0.2, -0.15) is 0 Å². The van der Waals surface area contributed by atoms with Crippen LogP contribution in [0.2, 0.25) is 0 Å². The fraction of sp³-hybridized carbons (Fsp3) is 0.857. The molecular formula is C14H29N3O3. The lowest BCUT2D eigenvalue weighted by molar-refractivity contribution is -0.128. The molecule has 0 aliphatic heterocycles. The number of amidine groups is 1. The Labute approximate surface area is 121 Å². The first-order valence-corrected chi connectivity index (χ1v) is 7.43. The average Bonchev–Trinajstić information content (AvgIpc) is 2.47. The lowest BCUT2D eigenvalue weighted by Gasteiger charge is -2.28. The number of amides is 1. The van der Waals surface area contributed by atoms with Crippen molar-refractivity contribution in [1.82, 2.24) is 5.32 Å². The second-order valence-corrected chi connectivity index (χ2v) is 4.85. The van der Waals surface area contributed by atoms with Gasteiger partial charge in [0.1, 0.15) is 5.41 Å². The molecule has 0 saturated heterocycles. The van der Waals surface area contributed by atoms with Crippen LogP contribution in [-0.2, 0) is 9.53 Å². The van der Waals surface area contributed by atoms with Gasteiger partial charge >= 0.3 is 0 Å². The number of hydrogen-bond donors (Lipinski definition) is 3. The van der Waals surface area contributed by atoms with Crippen molar-refractivity contribution in [3.05, 3.63) is 0 Å². The molecular weight excluding hydrogens is 258 g/mol. The number of nitrogens with one attached hydrogen (secondary N) is 1. The zero-order chi connectivity index (χ0) is 15.4. The summed E-state index contributed by atoms with van der Waals surface area (Å²) in [5.74, 6) is -0.217. The van der Waals surface area contributed by atoms with Gasteiger partial charge in [0.2, 0.25) is 5.91 Å². The summed E-state index contributed by atoms with van der Waals surface area (Å²) >= 11 is 0. The quantitative estimate of drug-likeness (QED) is 0.178. The number of carbonyl (C=O) groups is 1. The lowest BCUT2D eigenvalue weighted by Crippen LogP contribution is -2.49. The van der Waals surface area contributed by atoms with Crippen molar-refractivity contribution < 1.29 is 14.7 Å². The van der Waals surface area contributed by atoms with Crippen LogP contribution in [0.15, 0.2) is 5.16 Å². The molecule has 20 heavy (non-hydrogen) atoms. The molecule has 118 valence electrons. The van der Waals surface area contributed by atoms with Crippen LogP contribution in [0.4, 0.5) is 0 Å². The van der Waals surface area contributed by atoms with Crippen LogP contribution in [0, 0.1) is 5.41 Å². The molecule has 0 aromatic carbocycles. The molecule has 4 N–H and O–H groups in total. The van der Waals surface area contributed by atoms with E-state index in [9.17, 15) is 4.79 Å². The maximum Gasteiger partial charge on any atom is 0.233 e. The Hall–Kier alpha value is -1.30. The highest BCUT2D eigenvalue weighted by Crippen LogP contribution is 2.26. The fourth-order valence-corrected chi connectivity index (χ4v) is 2.04. The Balaban J connectivity index is 4.16. The minimum Gasteiger partial charge on any atom is -0.409 e. The third-order valence-corrected chi connectivity index (χ3v) is 3.63. The first-order chi connectivity index (χ1) is 9.58. The van der Waals surface area contributed by atoms with Gasteiger partial charge in [0.25, 0.3) is 0 Å². The molecule has 0 aromatic rings. The maximum absolute atomic E-state index is 12.2. The van der Waals surface area contributed by atoms with E-state index in [-0.39, 0.29) is 11.7 Å². The molecule has 0 fully saturated rings. The Kier molecular flexibility index (Phi) is 9.80. The smallest absolute Gasteiger partial charge is 0.233 e. The predicted octanol–water partition coefficient (Wildman–Crippen LogP) is 1.86. The van der Waals surface area contributed by atoms with Crippen molar-refractivity contribution in [1.29, 1.82) is 0 Å². The van der Waals surface area contributed by atoms with Gasteiger partial charge in [-0.3, -0.25) is 4.79 Å². The summed E-state index contributed by atoms with van der Waals surface area (Å²) in [6, 6.07) is 0. The first kappa shape index (κ1) is 18.7. The lowest BCUT2D eigenvalue weighted by atomic mass is 9.80. The van der Waals surface area contributed by atoms with Gasteiger partial charge in [-0.1, -0.05) is 32.3 Å². The summed E-state index contributed by atoms with van der Waals surface area (Å²) in [6.07, 6.45) is 3.93. The van der Waals surface area contributed by atoms with Gasteiger partial charge in [-0.15, -0.1) is 0 Å². The predicted molar refractivity (Wildman–Crippen MR) is 79.8 cm³/mol. The summed E-state index contributed by atoms with van der Waals surface area (Å²) in [6.45, 7) is 7.76. The largest absolute Gasteiger partial charge is 0.409 e. The average molecular weight is 287 g/mol. The standard InChI is InChI=1S/C14H29N3O3/c1-4-7-10-20-11-8-9-16-13(18)14(5-2,6-3)12(15)17-19/h19H,4-11H2,1-3H3,(H2,15,17)(H,16,18). The zero-order valence-corrected chi connectivity index (χ0v) is 12.9. The number of carbonyl (C=O) groups excluding carboxylic acids is 1. The number of nitrogens with zero attached hydrogens (tertiary/aromatic N) is 1. The molecule has 0 aliphatic rings. The van der Waals surface area contributed by atoms with Crippen molar-refractivity contribution in [3.63, 3.8) is 0 Å². The highest BCUT2D eigenvalue weighted by Gasteiger charge is 2.39. The van der Waals surface area contributed by atoms with E-state index < -0.39 is 5.41 Å². The van der Waals surface area contributed by atoms with Gasteiger partial charge in [-0.05, 0) is 25.7 Å². The number of ether oxygens (including phenoxy) is 1. The molecule has 0 unspecified atom stereocenters. The Morgan fingerprint density at radius 3 is 2.35 bits per heavy atom. The Morgan fingerprint density at radius 2 is 1.85 bits per heavy atom. The highest BCUT2D eigenvalue weighted by molar-refractivity contribution is 6.06. The van der Waals surface area contributed by atoms with E-state index in [2.05, 4.69) is 17.4 Å². The van der Waals surface area contributed by atoms with Crippen LogP contribution in [-0.4, -0.2) is 36.7 Å². The normalized spacial score (nSPS) is 12.4. The molecule has 0 aliphatic carbocycles. The summed E-state index contributed by atoms with van der Waals surface area (Å²) in [5, 5.41) is 14.7. The minimum absolute atomic E-state index is 0.0285. The van der Waals surface area contributed by atoms with E-state index >= 15 is 0 Å². The van der Waals surface area contributed by atoms with Crippen LogP contribution in [0.5, 0.6) is 0 Å². The van der Waals surface area contributed by atoms with Gasteiger partial charge in [-0.25, -0.2) is 0 Å². The van der Waals surface area contributed by atoms with E-state index in [0.717, 1.165) is 25.9 Å². The molecule has 6 nitrogen and oxygen atoms in total. The highest BCUT2D eigenvalue weighted by atomic mass is 16.5. The van der Waals surface area contributed by atoms with Crippen LogP contribution >= 0.6 is 0 Å². The van der Waals surface area contributed by atoms with Gasteiger partial charge in [0, 0.05) is 19.8 Å². The molecule has 0 heterocycles. The monoisotopic (exact) mass is 287 g/mol. The topological polar surface area (TPSA) is 96.9 Å². The summed E-state index contributed by atoms with van der Waals surface area (Å²) in [5.41, 5.74) is 4.76. The molecule has 6 heteroatoms. The maximum atomic E-state index is 12.2. The number of rotatable bonds is 11. The summed E-state index contributed by atoms with van der Waals surface area (Å²) in [7, 11) is 0. The minimum atomic E-state index is -0.919. The number of hydrogen-bond acceptors (Lipinski definition) is 4. The van der Waals surface area contributed by atoms with Crippen molar-refractivity contribution in [2.75, 3.05) is 19.8 Å². The molecule has 0 bridgehead atoms. The molecule has 0 rings (SSSR count). The molecule has 0 aromatic heterocycles. The van der Waals surface area contributed by atoms with E-state index in [0.29, 0.717) is 26.0 Å². The molecule has 0 radical (unpaired) electrons. The Bertz CT molecular complexity index is 302. The van der Waals surface area contributed by atoms with Crippen LogP contribution in [0.25, 0.3) is 0 Å². The molecule has 0 atom stereocenters. The van der Waals surface area contributed by atoms with E-state index in [1.165, 1.54) is 0 Å². The molecule has 0 spiro atoms. The van der Waals surface area contributed by atoms with Gasteiger partial charge < -0.3 is 21.0 Å². The van der Waals surface area contributed by atoms with Crippen LogP contribution in [0.1, 0.15) is 52.9 Å². The zero-order valence-electron chi connectivity index (χ0n) is 12.9. The SMILES string of the molecule is CCCCOCCCNC(=O)C(CC)(CC)C(N)=NO. The Morgan fingerprint density at radius 1 is 1.25 bits per heavy atom. The van der Waals surface area contributed by atoms with Crippen molar-refractivity contribution in [2.24, 2.45) is 16.3 Å². The van der Waals surface area contributed by atoms with E-state index in [1.54, 1.807) is 0 Å². The molecule has 0 saturated carbocycles. The first-order valence-electron chi connectivity index (χ1n) is 7.43. The third-order valence-electron chi connectivity index (χ3n) is 3.63. The fourth-order valence-electron chi connectivity index (χ4n) is 2.04. The van der Waals surface area contributed by atoms with Crippen molar-refractivity contribution in [2.45, 2.75) is 52.9 Å². The number of unbranched alkanes of at least 4 members (excludes halogenated alkanes) is 1. The second kappa shape index (κ2) is 10.5. The van der Waals surface area contributed by atoms with Gasteiger partial charge in [0.05, 0.1) is 0 Å². The van der Waals surface area contributed by atoms with Crippen LogP contribution in [0.3, 0.4) is 0 Å².